The zero-order valence-electron chi connectivity index (χ0n) is 13.2. The molecule has 0 spiro atoms. The molecule has 120 valence electrons. The lowest BCUT2D eigenvalue weighted by atomic mass is 10.2. The van der Waals surface area contributed by atoms with Gasteiger partial charge in [-0.05, 0) is 39.3 Å². The summed E-state index contributed by atoms with van der Waals surface area (Å²) >= 11 is 0. The lowest BCUT2D eigenvalue weighted by molar-refractivity contribution is 0.345. The maximum Gasteiger partial charge on any atom is 0.243 e. The Morgan fingerprint density at radius 3 is 2.43 bits per heavy atom. The number of unbranched alkanes of at least 4 members (excludes halogenated alkanes) is 2. The molecule has 0 bridgehead atoms. The number of nitrogens with two attached hydrogens (primary N) is 1. The molecule has 21 heavy (non-hydrogen) atoms. The minimum absolute atomic E-state index is 0.0369. The highest BCUT2D eigenvalue weighted by molar-refractivity contribution is 7.89. The first-order valence-corrected chi connectivity index (χ1v) is 8.73. The maximum atomic E-state index is 13.8. The van der Waals surface area contributed by atoms with Crippen LogP contribution in [0.2, 0.25) is 0 Å². The number of halogens is 1. The van der Waals surface area contributed by atoms with Gasteiger partial charge in [0, 0.05) is 23.8 Å². The van der Waals surface area contributed by atoms with Crippen LogP contribution in [0.25, 0.3) is 0 Å². The zero-order chi connectivity index (χ0) is 16.2. The molecule has 4 nitrogen and oxygen atoms in total. The van der Waals surface area contributed by atoms with Crippen LogP contribution in [0, 0.1) is 12.7 Å². The average molecular weight is 316 g/mol. The van der Waals surface area contributed by atoms with Crippen molar-refractivity contribution in [3.05, 3.63) is 23.5 Å². The molecule has 0 amide bonds. The molecule has 0 aliphatic heterocycles. The molecule has 0 fully saturated rings. The molecule has 0 saturated carbocycles. The molecule has 1 aromatic rings. The monoisotopic (exact) mass is 316 g/mol. The van der Waals surface area contributed by atoms with Crippen LogP contribution in [-0.2, 0) is 10.0 Å². The minimum atomic E-state index is -3.74. The van der Waals surface area contributed by atoms with E-state index in [2.05, 4.69) is 6.92 Å². The fourth-order valence-corrected chi connectivity index (χ4v) is 4.19. The molecule has 1 rings (SSSR count). The third-order valence-electron chi connectivity index (χ3n) is 3.46. The van der Waals surface area contributed by atoms with Crippen molar-refractivity contribution in [3.8, 4) is 0 Å². The Hall–Kier alpha value is -1.14. The third kappa shape index (κ3) is 4.17. The van der Waals surface area contributed by atoms with Gasteiger partial charge in [0.2, 0.25) is 10.0 Å². The van der Waals surface area contributed by atoms with Crippen molar-refractivity contribution >= 4 is 15.7 Å². The predicted molar refractivity (Wildman–Crippen MR) is 84.1 cm³/mol. The molecule has 0 atom stereocenters. The third-order valence-corrected chi connectivity index (χ3v) is 5.67. The van der Waals surface area contributed by atoms with E-state index in [0.29, 0.717) is 6.54 Å². The van der Waals surface area contributed by atoms with Crippen LogP contribution in [0.1, 0.15) is 45.6 Å². The molecular formula is C15H25FN2O2S. The SMILES string of the molecule is CCCCCN(C(C)C)S(=O)(=O)c1cc(N)cc(F)c1C. The molecule has 1 aromatic carbocycles. The molecular weight excluding hydrogens is 291 g/mol. The number of hydrogen-bond donors (Lipinski definition) is 1. The summed E-state index contributed by atoms with van der Waals surface area (Å²) in [5, 5.41) is 0. The van der Waals surface area contributed by atoms with Crippen molar-refractivity contribution in [3.63, 3.8) is 0 Å². The number of anilines is 1. The Morgan fingerprint density at radius 2 is 1.90 bits per heavy atom. The van der Waals surface area contributed by atoms with Gasteiger partial charge in [-0.15, -0.1) is 0 Å². The molecule has 0 aliphatic carbocycles. The van der Waals surface area contributed by atoms with E-state index in [0.717, 1.165) is 25.3 Å². The van der Waals surface area contributed by atoms with E-state index in [-0.39, 0.29) is 22.2 Å². The van der Waals surface area contributed by atoms with Crippen molar-refractivity contribution < 1.29 is 12.8 Å². The van der Waals surface area contributed by atoms with Crippen molar-refractivity contribution in [2.45, 2.75) is 57.9 Å². The van der Waals surface area contributed by atoms with E-state index < -0.39 is 15.8 Å². The van der Waals surface area contributed by atoms with E-state index in [1.54, 1.807) is 0 Å². The van der Waals surface area contributed by atoms with Crippen molar-refractivity contribution in [2.24, 2.45) is 0 Å². The first-order chi connectivity index (χ1) is 9.71. The summed E-state index contributed by atoms with van der Waals surface area (Å²) in [5.41, 5.74) is 5.84. The van der Waals surface area contributed by atoms with Crippen molar-refractivity contribution in [2.75, 3.05) is 12.3 Å². The van der Waals surface area contributed by atoms with E-state index in [1.165, 1.54) is 17.3 Å². The van der Waals surface area contributed by atoms with Gasteiger partial charge >= 0.3 is 0 Å². The number of nitrogen functional groups attached to an aromatic ring is 1. The predicted octanol–water partition coefficient (Wildman–Crippen LogP) is 3.31. The second kappa shape index (κ2) is 7.22. The van der Waals surface area contributed by atoms with Gasteiger partial charge in [-0.2, -0.15) is 4.31 Å². The second-order valence-corrected chi connectivity index (χ2v) is 7.40. The second-order valence-electron chi connectivity index (χ2n) is 5.54. The summed E-state index contributed by atoms with van der Waals surface area (Å²) in [5.74, 6) is -0.592. The normalized spacial score (nSPS) is 12.3. The van der Waals surface area contributed by atoms with Crippen LogP contribution in [0.5, 0.6) is 0 Å². The molecule has 0 aromatic heterocycles. The van der Waals surface area contributed by atoms with Gasteiger partial charge in [0.25, 0.3) is 0 Å². The molecule has 0 heterocycles. The van der Waals surface area contributed by atoms with Crippen molar-refractivity contribution in [1.29, 1.82) is 0 Å². The molecule has 6 heteroatoms. The fourth-order valence-electron chi connectivity index (χ4n) is 2.24. The first kappa shape index (κ1) is 17.9. The van der Waals surface area contributed by atoms with Gasteiger partial charge in [-0.3, -0.25) is 0 Å². The van der Waals surface area contributed by atoms with Crippen LogP contribution >= 0.6 is 0 Å². The number of rotatable bonds is 7. The number of sulfonamides is 1. The highest BCUT2D eigenvalue weighted by Crippen LogP contribution is 2.26. The standard InChI is InChI=1S/C15H25FN2O2S/c1-5-6-7-8-18(11(2)3)21(19,20)15-10-13(17)9-14(16)12(15)4/h9-11H,5-8,17H2,1-4H3. The van der Waals surface area contributed by atoms with Gasteiger partial charge < -0.3 is 5.73 Å². The summed E-state index contributed by atoms with van der Waals surface area (Å²) in [6, 6.07) is 2.30. The molecule has 2 N–H and O–H groups in total. The van der Waals surface area contributed by atoms with Crippen LogP contribution < -0.4 is 5.73 Å². The quantitative estimate of drug-likeness (QED) is 0.620. The molecule has 0 saturated heterocycles. The summed E-state index contributed by atoms with van der Waals surface area (Å²) in [6.07, 6.45) is 2.76. The van der Waals surface area contributed by atoms with Gasteiger partial charge in [0.15, 0.2) is 0 Å². The van der Waals surface area contributed by atoms with Crippen LogP contribution in [0.15, 0.2) is 17.0 Å². The maximum absolute atomic E-state index is 13.8. The smallest absolute Gasteiger partial charge is 0.243 e. The summed E-state index contributed by atoms with van der Waals surface area (Å²) in [6.45, 7) is 7.60. The fraction of sp³-hybridized carbons (Fsp3) is 0.600. The number of hydrogen-bond acceptors (Lipinski definition) is 3. The number of nitrogens with zero attached hydrogens (tertiary/aromatic N) is 1. The minimum Gasteiger partial charge on any atom is -0.399 e. The number of benzene rings is 1. The molecule has 0 radical (unpaired) electrons. The highest BCUT2D eigenvalue weighted by atomic mass is 32.2. The average Bonchev–Trinajstić information content (AvgIpc) is 2.38. The molecule has 0 aliphatic rings. The lowest BCUT2D eigenvalue weighted by Crippen LogP contribution is -2.38. The van der Waals surface area contributed by atoms with Gasteiger partial charge in [-0.25, -0.2) is 12.8 Å². The molecule has 0 unspecified atom stereocenters. The van der Waals surface area contributed by atoms with E-state index in [1.807, 2.05) is 13.8 Å². The lowest BCUT2D eigenvalue weighted by Gasteiger charge is -2.27. The van der Waals surface area contributed by atoms with Crippen LogP contribution in [0.3, 0.4) is 0 Å². The van der Waals surface area contributed by atoms with Crippen LogP contribution in [-0.4, -0.2) is 25.3 Å². The van der Waals surface area contributed by atoms with Gasteiger partial charge in [-0.1, -0.05) is 19.8 Å². The topological polar surface area (TPSA) is 63.4 Å². The van der Waals surface area contributed by atoms with Gasteiger partial charge in [0.05, 0.1) is 4.90 Å². The Balaban J connectivity index is 3.23. The van der Waals surface area contributed by atoms with E-state index in [4.69, 9.17) is 5.73 Å². The Kier molecular flexibility index (Phi) is 6.16. The van der Waals surface area contributed by atoms with Crippen molar-refractivity contribution in [1.82, 2.24) is 4.31 Å². The largest absolute Gasteiger partial charge is 0.399 e. The highest BCUT2D eigenvalue weighted by Gasteiger charge is 2.29. The first-order valence-electron chi connectivity index (χ1n) is 7.29. The summed E-state index contributed by atoms with van der Waals surface area (Å²) in [7, 11) is -3.74. The summed E-state index contributed by atoms with van der Waals surface area (Å²) < 4.78 is 40.8. The van der Waals surface area contributed by atoms with E-state index >= 15 is 0 Å². The van der Waals surface area contributed by atoms with Crippen LogP contribution in [0.4, 0.5) is 10.1 Å². The summed E-state index contributed by atoms with van der Waals surface area (Å²) in [4.78, 5) is -0.0369. The Morgan fingerprint density at radius 1 is 1.29 bits per heavy atom. The Bertz CT molecular complexity index is 586. The zero-order valence-corrected chi connectivity index (χ0v) is 14.0. The Labute approximate surface area is 127 Å². The van der Waals surface area contributed by atoms with E-state index in [9.17, 15) is 12.8 Å². The van der Waals surface area contributed by atoms with Gasteiger partial charge in [0.1, 0.15) is 5.82 Å².